The molecule has 0 N–H and O–H groups in total. The Morgan fingerprint density at radius 2 is 1.70 bits per heavy atom. The van der Waals surface area contributed by atoms with Crippen molar-refractivity contribution in [3.8, 4) is 0 Å². The number of aromatic nitrogens is 3. The molecular weight excluding hydrogens is 270 g/mol. The summed E-state index contributed by atoms with van der Waals surface area (Å²) >= 11 is 5.48. The van der Waals surface area contributed by atoms with Crippen LogP contribution < -0.4 is 0 Å². The lowest BCUT2D eigenvalue weighted by Gasteiger charge is -2.35. The third kappa shape index (κ3) is 3.90. The van der Waals surface area contributed by atoms with Gasteiger partial charge in [0.25, 0.3) is 0 Å². The number of rotatable bonds is 5. The van der Waals surface area contributed by atoms with Gasteiger partial charge in [-0.3, -0.25) is 4.90 Å². The maximum Gasteiger partial charge on any atom is 0.199 e. The van der Waals surface area contributed by atoms with Crippen LogP contribution in [-0.4, -0.2) is 56.9 Å². The van der Waals surface area contributed by atoms with Crippen molar-refractivity contribution in [1.29, 1.82) is 0 Å². The molecule has 1 aromatic heterocycles. The Balaban J connectivity index is 1.88. The quantitative estimate of drug-likeness (QED) is 0.780. The lowest BCUT2D eigenvalue weighted by Crippen LogP contribution is -2.47. The van der Waals surface area contributed by atoms with Gasteiger partial charge in [0.05, 0.1) is 6.67 Å². The van der Waals surface area contributed by atoms with Crippen molar-refractivity contribution < 1.29 is 0 Å². The van der Waals surface area contributed by atoms with Crippen molar-refractivity contribution >= 4 is 12.2 Å². The molecule has 1 aromatic rings. The summed E-state index contributed by atoms with van der Waals surface area (Å²) in [6, 6.07) is 0.374. The minimum atomic E-state index is 0.374. The van der Waals surface area contributed by atoms with Crippen molar-refractivity contribution in [3.05, 3.63) is 11.1 Å². The molecule has 0 atom stereocenters. The molecule has 0 amide bonds. The van der Waals surface area contributed by atoms with Crippen LogP contribution in [0.15, 0.2) is 6.33 Å². The molecule has 0 unspecified atom stereocenters. The van der Waals surface area contributed by atoms with Crippen LogP contribution in [0.1, 0.15) is 33.7 Å². The fourth-order valence-electron chi connectivity index (χ4n) is 2.62. The van der Waals surface area contributed by atoms with E-state index in [0.29, 0.717) is 6.04 Å². The number of hydrogen-bond acceptors (Lipinski definition) is 4. The fourth-order valence-corrected chi connectivity index (χ4v) is 2.98. The van der Waals surface area contributed by atoms with Gasteiger partial charge >= 0.3 is 0 Å². The van der Waals surface area contributed by atoms with E-state index in [9.17, 15) is 0 Å². The summed E-state index contributed by atoms with van der Waals surface area (Å²) in [4.78, 5) is 4.98. The third-order valence-corrected chi connectivity index (χ3v) is 4.16. The Labute approximate surface area is 127 Å². The Bertz CT molecular complexity index is 468. The first-order valence-corrected chi connectivity index (χ1v) is 7.97. The molecule has 1 saturated heterocycles. The largest absolute Gasteiger partial charge is 0.304 e. The second-order valence-corrected chi connectivity index (χ2v) is 6.73. The van der Waals surface area contributed by atoms with E-state index < -0.39 is 0 Å². The molecule has 20 heavy (non-hydrogen) atoms. The first-order valence-electron chi connectivity index (χ1n) is 7.56. The molecule has 114 valence electrons. The van der Waals surface area contributed by atoms with Crippen molar-refractivity contribution in [2.75, 3.05) is 32.7 Å². The molecule has 1 fully saturated rings. The fraction of sp³-hybridized carbons (Fsp3) is 0.857. The molecule has 0 radical (unpaired) electrons. The maximum atomic E-state index is 5.48. The Hall–Kier alpha value is -0.720. The zero-order valence-electron chi connectivity index (χ0n) is 13.1. The Kier molecular flexibility index (Phi) is 5.35. The average Bonchev–Trinajstić information content (AvgIpc) is 2.73. The molecule has 0 aliphatic carbocycles. The molecule has 2 heterocycles. The summed E-state index contributed by atoms with van der Waals surface area (Å²) in [5, 5.41) is 4.42. The van der Waals surface area contributed by atoms with Crippen molar-refractivity contribution in [1.82, 2.24) is 24.1 Å². The zero-order valence-corrected chi connectivity index (χ0v) is 13.9. The minimum Gasteiger partial charge on any atom is -0.304 e. The van der Waals surface area contributed by atoms with E-state index in [2.05, 4.69) is 42.6 Å². The molecule has 1 aliphatic heterocycles. The second kappa shape index (κ2) is 6.83. The van der Waals surface area contributed by atoms with Crippen LogP contribution in [0.3, 0.4) is 0 Å². The van der Waals surface area contributed by atoms with Gasteiger partial charge in [-0.15, -0.1) is 0 Å². The van der Waals surface area contributed by atoms with Crippen LogP contribution in [-0.2, 0) is 6.67 Å². The van der Waals surface area contributed by atoms with Gasteiger partial charge in [-0.2, -0.15) is 5.10 Å². The molecule has 2 rings (SSSR count). The van der Waals surface area contributed by atoms with Gasteiger partial charge in [0.15, 0.2) is 4.77 Å². The van der Waals surface area contributed by atoms with Crippen LogP contribution in [0, 0.1) is 10.7 Å². The Morgan fingerprint density at radius 3 is 2.20 bits per heavy atom. The monoisotopic (exact) mass is 297 g/mol. The van der Waals surface area contributed by atoms with E-state index in [4.69, 9.17) is 12.2 Å². The molecular formula is C14H27N5S. The van der Waals surface area contributed by atoms with Gasteiger partial charge in [-0.25, -0.2) is 4.68 Å². The Morgan fingerprint density at radius 1 is 1.10 bits per heavy atom. The molecule has 1 aliphatic rings. The molecule has 5 nitrogen and oxygen atoms in total. The first kappa shape index (κ1) is 15.7. The van der Waals surface area contributed by atoms with E-state index in [0.717, 1.165) is 43.5 Å². The van der Waals surface area contributed by atoms with Gasteiger partial charge in [0.2, 0.25) is 0 Å². The standard InChI is InChI=1S/C14H27N5S/c1-12(2)9-16-5-7-17(8-6-16)11-19-14(20)18(10-15-19)13(3)4/h10,12-13H,5-9,11H2,1-4H3. The molecule has 0 spiro atoms. The lowest BCUT2D eigenvalue weighted by molar-refractivity contribution is 0.0949. The number of hydrogen-bond donors (Lipinski definition) is 0. The normalized spacial score (nSPS) is 18.3. The highest BCUT2D eigenvalue weighted by atomic mass is 32.1. The molecule has 0 saturated carbocycles. The van der Waals surface area contributed by atoms with Gasteiger partial charge in [-0.1, -0.05) is 13.8 Å². The van der Waals surface area contributed by atoms with Crippen LogP contribution in [0.2, 0.25) is 0 Å². The summed E-state index contributed by atoms with van der Waals surface area (Å²) in [5.74, 6) is 0.747. The van der Waals surface area contributed by atoms with E-state index in [1.54, 1.807) is 0 Å². The van der Waals surface area contributed by atoms with E-state index in [1.165, 1.54) is 6.54 Å². The third-order valence-electron chi connectivity index (χ3n) is 3.74. The van der Waals surface area contributed by atoms with Gasteiger partial charge in [-0.05, 0) is 32.0 Å². The zero-order chi connectivity index (χ0) is 14.7. The van der Waals surface area contributed by atoms with Crippen molar-refractivity contribution in [3.63, 3.8) is 0 Å². The maximum absolute atomic E-state index is 5.48. The van der Waals surface area contributed by atoms with Crippen LogP contribution >= 0.6 is 12.2 Å². The molecule has 6 heteroatoms. The number of piperazine rings is 1. The molecule has 0 aromatic carbocycles. The second-order valence-electron chi connectivity index (χ2n) is 6.37. The number of nitrogens with zero attached hydrogens (tertiary/aromatic N) is 5. The summed E-state index contributed by atoms with van der Waals surface area (Å²) in [6.07, 6.45) is 1.85. The van der Waals surface area contributed by atoms with Crippen LogP contribution in [0.25, 0.3) is 0 Å². The SMILES string of the molecule is CC(C)CN1CCN(Cn2ncn(C(C)C)c2=S)CC1. The van der Waals surface area contributed by atoms with Gasteiger partial charge in [0.1, 0.15) is 6.33 Å². The lowest BCUT2D eigenvalue weighted by atomic mass is 10.2. The van der Waals surface area contributed by atoms with Crippen LogP contribution in [0.5, 0.6) is 0 Å². The topological polar surface area (TPSA) is 29.2 Å². The highest BCUT2D eigenvalue weighted by molar-refractivity contribution is 7.71. The smallest absolute Gasteiger partial charge is 0.199 e. The van der Waals surface area contributed by atoms with Crippen molar-refractivity contribution in [2.24, 2.45) is 5.92 Å². The highest BCUT2D eigenvalue weighted by Gasteiger charge is 2.18. The average molecular weight is 297 g/mol. The summed E-state index contributed by atoms with van der Waals surface area (Å²) in [7, 11) is 0. The van der Waals surface area contributed by atoms with E-state index in [-0.39, 0.29) is 0 Å². The summed E-state index contributed by atoms with van der Waals surface area (Å²) < 4.78 is 4.81. The van der Waals surface area contributed by atoms with Gasteiger partial charge in [0, 0.05) is 38.8 Å². The van der Waals surface area contributed by atoms with E-state index >= 15 is 0 Å². The van der Waals surface area contributed by atoms with Gasteiger partial charge < -0.3 is 9.47 Å². The summed E-state index contributed by atoms with van der Waals surface area (Å²) in [6.45, 7) is 15.3. The minimum absolute atomic E-state index is 0.374. The van der Waals surface area contributed by atoms with Crippen LogP contribution in [0.4, 0.5) is 0 Å². The van der Waals surface area contributed by atoms with E-state index in [1.807, 2.05) is 15.6 Å². The predicted molar refractivity (Wildman–Crippen MR) is 84.3 cm³/mol. The first-order chi connectivity index (χ1) is 9.47. The van der Waals surface area contributed by atoms with Crippen molar-refractivity contribution in [2.45, 2.75) is 40.4 Å². The predicted octanol–water partition coefficient (Wildman–Crippen LogP) is 2.23. The molecule has 0 bridgehead atoms. The highest BCUT2D eigenvalue weighted by Crippen LogP contribution is 2.08. The summed E-state index contributed by atoms with van der Waals surface area (Å²) in [5.41, 5.74) is 0.